The van der Waals surface area contributed by atoms with Gasteiger partial charge in [0.25, 0.3) is 9.70 Å². The molecule has 3 aromatic carbocycles. The minimum atomic E-state index is -2.01. The quantitative estimate of drug-likeness (QED) is 0.197. The third-order valence-electron chi connectivity index (χ3n) is 8.92. The lowest BCUT2D eigenvalue weighted by Crippen LogP contribution is -2.51. The second kappa shape index (κ2) is 15.5. The third-order valence-corrected chi connectivity index (χ3v) is 9.44. The van der Waals surface area contributed by atoms with Crippen molar-refractivity contribution in [2.75, 3.05) is 37.6 Å². The van der Waals surface area contributed by atoms with Gasteiger partial charge in [0.2, 0.25) is 5.95 Å². The third kappa shape index (κ3) is 8.47. The molecule has 2 saturated heterocycles. The van der Waals surface area contributed by atoms with E-state index in [0.717, 1.165) is 72.1 Å². The SMILES string of the molecule is CC1C(CN2CCN(c3ncccn3)CC2)OC(c2ccc(-c3cccc(CNC(=O)C(Cl)(Cl)Cl)c3)cc2)OC1c1ccc(CO)cc1. The predicted molar refractivity (Wildman–Crippen MR) is 188 cm³/mol. The number of piperazine rings is 1. The number of hydrogen-bond acceptors (Lipinski definition) is 8. The molecule has 0 aliphatic carbocycles. The molecule has 3 heterocycles. The minimum absolute atomic E-state index is 0.00539. The Hall–Kier alpha value is -3.28. The topological polar surface area (TPSA) is 100 Å². The Labute approximate surface area is 295 Å². The van der Waals surface area contributed by atoms with Crippen molar-refractivity contribution in [1.82, 2.24) is 20.2 Å². The van der Waals surface area contributed by atoms with Crippen LogP contribution in [0.15, 0.2) is 91.3 Å². The molecule has 4 atom stereocenters. The molecule has 252 valence electrons. The van der Waals surface area contributed by atoms with E-state index in [1.807, 2.05) is 78.9 Å². The number of amides is 1. The van der Waals surface area contributed by atoms with Crippen molar-refractivity contribution in [1.29, 1.82) is 0 Å². The van der Waals surface area contributed by atoms with Gasteiger partial charge in [-0.25, -0.2) is 9.97 Å². The number of halogens is 3. The smallest absolute Gasteiger partial charge is 0.272 e. The first-order chi connectivity index (χ1) is 23.2. The lowest BCUT2D eigenvalue weighted by atomic mass is 9.89. The zero-order chi connectivity index (χ0) is 33.7. The Balaban J connectivity index is 1.17. The summed E-state index contributed by atoms with van der Waals surface area (Å²) >= 11 is 17.1. The van der Waals surface area contributed by atoms with E-state index in [0.29, 0.717) is 0 Å². The Bertz CT molecular complexity index is 1650. The van der Waals surface area contributed by atoms with Crippen molar-refractivity contribution < 1.29 is 19.4 Å². The molecule has 2 aliphatic rings. The van der Waals surface area contributed by atoms with Gasteiger partial charge in [0.15, 0.2) is 6.29 Å². The lowest BCUT2D eigenvalue weighted by Gasteiger charge is -2.44. The summed E-state index contributed by atoms with van der Waals surface area (Å²) in [6, 6.07) is 25.8. The van der Waals surface area contributed by atoms with E-state index in [-0.39, 0.29) is 31.3 Å². The number of anilines is 1. The molecule has 6 rings (SSSR count). The van der Waals surface area contributed by atoms with Gasteiger partial charge in [0, 0.05) is 63.1 Å². The van der Waals surface area contributed by atoms with Crippen LogP contribution in [-0.2, 0) is 27.4 Å². The highest BCUT2D eigenvalue weighted by Crippen LogP contribution is 2.42. The summed E-state index contributed by atoms with van der Waals surface area (Å²) in [4.78, 5) is 25.5. The molecule has 1 aromatic heterocycles. The molecule has 2 fully saturated rings. The van der Waals surface area contributed by atoms with Gasteiger partial charge >= 0.3 is 0 Å². The second-order valence-corrected chi connectivity index (χ2v) is 14.4. The Morgan fingerprint density at radius 2 is 1.56 bits per heavy atom. The summed E-state index contributed by atoms with van der Waals surface area (Å²) in [5.74, 6) is 0.177. The highest BCUT2D eigenvalue weighted by Gasteiger charge is 2.39. The van der Waals surface area contributed by atoms with Crippen LogP contribution in [0, 0.1) is 5.92 Å². The molecule has 0 radical (unpaired) electrons. The number of nitrogens with zero attached hydrogens (tertiary/aromatic N) is 4. The zero-order valence-corrected chi connectivity index (χ0v) is 28.8. The van der Waals surface area contributed by atoms with Gasteiger partial charge in [-0.3, -0.25) is 9.69 Å². The van der Waals surface area contributed by atoms with E-state index in [4.69, 9.17) is 44.3 Å². The predicted octanol–water partition coefficient (Wildman–Crippen LogP) is 6.24. The van der Waals surface area contributed by atoms with Crippen molar-refractivity contribution in [3.63, 3.8) is 0 Å². The Kier molecular flexibility index (Phi) is 11.2. The van der Waals surface area contributed by atoms with Crippen LogP contribution in [0.5, 0.6) is 0 Å². The van der Waals surface area contributed by atoms with E-state index in [2.05, 4.69) is 32.0 Å². The Morgan fingerprint density at radius 3 is 2.23 bits per heavy atom. The summed E-state index contributed by atoms with van der Waals surface area (Å²) in [5.41, 5.74) is 5.71. The molecular weight excluding hydrogens is 673 g/mol. The van der Waals surface area contributed by atoms with Crippen LogP contribution in [0.2, 0.25) is 0 Å². The summed E-state index contributed by atoms with van der Waals surface area (Å²) in [5, 5.41) is 12.2. The first-order valence-corrected chi connectivity index (χ1v) is 17.1. The maximum absolute atomic E-state index is 12.0. The maximum atomic E-state index is 12.0. The number of benzene rings is 3. The number of aliphatic hydroxyl groups is 1. The number of nitrogens with one attached hydrogen (secondary N) is 1. The van der Waals surface area contributed by atoms with Gasteiger partial charge in [0.05, 0.1) is 18.8 Å². The number of aliphatic hydroxyl groups excluding tert-OH is 1. The van der Waals surface area contributed by atoms with Gasteiger partial charge in [-0.05, 0) is 39.9 Å². The van der Waals surface area contributed by atoms with Crippen LogP contribution >= 0.6 is 34.8 Å². The molecule has 0 saturated carbocycles. The highest BCUT2D eigenvalue weighted by molar-refractivity contribution is 6.76. The fourth-order valence-electron chi connectivity index (χ4n) is 6.14. The number of ether oxygens (including phenoxy) is 2. The van der Waals surface area contributed by atoms with Crippen LogP contribution in [0.1, 0.15) is 41.6 Å². The first-order valence-electron chi connectivity index (χ1n) is 16.0. The van der Waals surface area contributed by atoms with Crippen LogP contribution in [0.4, 0.5) is 5.95 Å². The number of carbonyl (C=O) groups excluding carboxylic acids is 1. The average molecular weight is 711 g/mol. The highest BCUT2D eigenvalue weighted by atomic mass is 35.6. The molecule has 4 unspecified atom stereocenters. The van der Waals surface area contributed by atoms with Gasteiger partial charge in [-0.15, -0.1) is 0 Å². The molecule has 2 N–H and O–H groups in total. The molecule has 48 heavy (non-hydrogen) atoms. The van der Waals surface area contributed by atoms with E-state index in [9.17, 15) is 9.90 Å². The fourth-order valence-corrected chi connectivity index (χ4v) is 6.34. The van der Waals surface area contributed by atoms with Crippen LogP contribution in [0.3, 0.4) is 0 Å². The van der Waals surface area contributed by atoms with Crippen molar-refractivity contribution in [3.8, 4) is 11.1 Å². The molecule has 4 aromatic rings. The standard InChI is InChI=1S/C36H38Cl3N5O4/c1-24-31(22-43-16-18-44(19-17-43)35-40-14-3-15-41-35)47-33(48-32(24)28-8-6-25(23-45)7-9-28)29-12-10-27(11-13-29)30-5-2-4-26(20-30)21-42-34(46)36(37,38)39/h2-15,20,24,31-33,45H,16-19,21-23H2,1H3,(H,42,46). The van der Waals surface area contributed by atoms with Crippen molar-refractivity contribution >= 4 is 46.7 Å². The van der Waals surface area contributed by atoms with Crippen LogP contribution in [-0.4, -0.2) is 68.5 Å². The van der Waals surface area contributed by atoms with Crippen molar-refractivity contribution in [2.45, 2.75) is 42.4 Å². The summed E-state index contributed by atoms with van der Waals surface area (Å²) < 4.78 is 11.4. The Morgan fingerprint density at radius 1 is 0.875 bits per heavy atom. The monoisotopic (exact) mass is 709 g/mol. The fraction of sp³-hybridized carbons (Fsp3) is 0.361. The number of rotatable bonds is 9. The number of carbonyl (C=O) groups is 1. The number of aromatic nitrogens is 2. The summed E-state index contributed by atoms with van der Waals surface area (Å²) in [6.07, 6.45) is 2.72. The van der Waals surface area contributed by atoms with Crippen LogP contribution < -0.4 is 10.2 Å². The minimum Gasteiger partial charge on any atom is -0.392 e. The number of alkyl halides is 3. The molecule has 2 aliphatic heterocycles. The molecule has 9 nitrogen and oxygen atoms in total. The summed E-state index contributed by atoms with van der Waals surface area (Å²) in [6.45, 7) is 6.65. The van der Waals surface area contributed by atoms with Crippen LogP contribution in [0.25, 0.3) is 11.1 Å². The van der Waals surface area contributed by atoms with E-state index in [1.54, 1.807) is 12.4 Å². The van der Waals surface area contributed by atoms with Crippen molar-refractivity contribution in [2.24, 2.45) is 5.92 Å². The molecule has 0 bridgehead atoms. The van der Waals surface area contributed by atoms with E-state index >= 15 is 0 Å². The van der Waals surface area contributed by atoms with Gasteiger partial charge < -0.3 is 24.8 Å². The largest absolute Gasteiger partial charge is 0.392 e. The average Bonchev–Trinajstić information content (AvgIpc) is 3.12. The number of hydrogen-bond donors (Lipinski definition) is 2. The molecule has 1 amide bonds. The zero-order valence-electron chi connectivity index (χ0n) is 26.5. The maximum Gasteiger partial charge on any atom is 0.272 e. The van der Waals surface area contributed by atoms with E-state index in [1.165, 1.54) is 0 Å². The first kappa shape index (κ1) is 34.6. The summed E-state index contributed by atoms with van der Waals surface area (Å²) in [7, 11) is 0. The van der Waals surface area contributed by atoms with E-state index < -0.39 is 16.0 Å². The lowest BCUT2D eigenvalue weighted by molar-refractivity contribution is -0.276. The van der Waals surface area contributed by atoms with Gasteiger partial charge in [-0.2, -0.15) is 0 Å². The van der Waals surface area contributed by atoms with Gasteiger partial charge in [-0.1, -0.05) is 108 Å². The van der Waals surface area contributed by atoms with Gasteiger partial charge in [0.1, 0.15) is 0 Å². The van der Waals surface area contributed by atoms with Crippen molar-refractivity contribution in [3.05, 3.63) is 114 Å². The molecule has 12 heteroatoms. The second-order valence-electron chi connectivity index (χ2n) is 12.2. The normalized spacial score (nSPS) is 22.0. The molecule has 0 spiro atoms. The molecular formula is C36H38Cl3N5O4.